The average Bonchev–Trinajstić information content (AvgIpc) is 3.26. The maximum Gasteiger partial charge on any atom is 0.255 e. The number of aromatic nitrogens is 4. The van der Waals surface area contributed by atoms with E-state index in [2.05, 4.69) is 26.2 Å². The number of fused-ring (bicyclic) bond motifs is 1. The van der Waals surface area contributed by atoms with Crippen molar-refractivity contribution in [2.75, 3.05) is 32.0 Å². The number of benzene rings is 2. The van der Waals surface area contributed by atoms with Gasteiger partial charge in [0, 0.05) is 11.8 Å². The third kappa shape index (κ3) is 3.64. The third-order valence-electron chi connectivity index (χ3n) is 5.14. The van der Waals surface area contributed by atoms with Crippen LogP contribution in [0.2, 0.25) is 0 Å². The number of carbonyl (C=O) groups is 1. The first-order valence-electron chi connectivity index (χ1n) is 9.62. The second-order valence-electron chi connectivity index (χ2n) is 6.96. The molecule has 0 saturated carbocycles. The predicted molar refractivity (Wildman–Crippen MR) is 115 cm³/mol. The zero-order chi connectivity index (χ0) is 22.8. The van der Waals surface area contributed by atoms with E-state index < -0.39 is 6.04 Å². The van der Waals surface area contributed by atoms with Crippen LogP contribution in [-0.4, -0.2) is 52.6 Å². The van der Waals surface area contributed by atoms with Crippen molar-refractivity contribution < 1.29 is 24.1 Å². The summed E-state index contributed by atoms with van der Waals surface area (Å²) in [5.41, 5.74) is 2.09. The van der Waals surface area contributed by atoms with Gasteiger partial charge in [0.05, 0.1) is 32.6 Å². The number of phenolic OH excluding ortho intramolecular Hbond substituents is 1. The summed E-state index contributed by atoms with van der Waals surface area (Å²) in [6, 6.07) is 9.26. The molecule has 3 N–H and O–H groups in total. The minimum absolute atomic E-state index is 0.0169. The molecular weight excluding hydrogens is 416 g/mol. The van der Waals surface area contributed by atoms with Crippen LogP contribution in [0.1, 0.15) is 18.5 Å². The van der Waals surface area contributed by atoms with Gasteiger partial charge in [-0.2, -0.15) is 4.68 Å². The second kappa shape index (κ2) is 8.46. The fourth-order valence-corrected chi connectivity index (χ4v) is 3.57. The molecule has 1 atom stereocenters. The van der Waals surface area contributed by atoms with Crippen LogP contribution in [0.5, 0.6) is 23.0 Å². The molecule has 1 aliphatic rings. The molecule has 11 nitrogen and oxygen atoms in total. The number of ether oxygens (including phenoxy) is 3. The molecule has 0 fully saturated rings. The average molecular weight is 438 g/mol. The highest BCUT2D eigenvalue weighted by Crippen LogP contribution is 2.39. The molecule has 0 saturated heterocycles. The summed E-state index contributed by atoms with van der Waals surface area (Å²) in [4.78, 5) is 13.5. The lowest BCUT2D eigenvalue weighted by molar-refractivity contribution is -0.113. The smallest absolute Gasteiger partial charge is 0.255 e. The highest BCUT2D eigenvalue weighted by atomic mass is 16.5. The fraction of sp³-hybridized carbons (Fsp3) is 0.238. The number of amides is 1. The van der Waals surface area contributed by atoms with Crippen molar-refractivity contribution in [3.63, 3.8) is 0 Å². The maximum absolute atomic E-state index is 13.5. The van der Waals surface area contributed by atoms with Gasteiger partial charge < -0.3 is 30.0 Å². The molecule has 0 aliphatic carbocycles. The third-order valence-corrected chi connectivity index (χ3v) is 5.14. The molecule has 1 aliphatic heterocycles. The first-order chi connectivity index (χ1) is 15.5. The summed E-state index contributed by atoms with van der Waals surface area (Å²) < 4.78 is 17.4. The van der Waals surface area contributed by atoms with Crippen molar-refractivity contribution in [2.45, 2.75) is 13.0 Å². The Morgan fingerprint density at radius 2 is 1.88 bits per heavy atom. The number of aromatic hydroxyl groups is 1. The van der Waals surface area contributed by atoms with Crippen molar-refractivity contribution in [3.8, 4) is 23.0 Å². The first-order valence-corrected chi connectivity index (χ1v) is 9.62. The summed E-state index contributed by atoms with van der Waals surface area (Å²) in [6.07, 6.45) is 0. The van der Waals surface area contributed by atoms with Crippen LogP contribution in [0.15, 0.2) is 47.7 Å². The summed E-state index contributed by atoms with van der Waals surface area (Å²) >= 11 is 0. The van der Waals surface area contributed by atoms with Gasteiger partial charge in [0.25, 0.3) is 5.91 Å². The normalized spacial score (nSPS) is 14.9. The monoisotopic (exact) mass is 438 g/mol. The van der Waals surface area contributed by atoms with E-state index in [9.17, 15) is 9.90 Å². The van der Waals surface area contributed by atoms with Crippen LogP contribution in [0.25, 0.3) is 0 Å². The Kier molecular flexibility index (Phi) is 5.54. The molecular formula is C21H22N6O5. The Balaban J connectivity index is 1.76. The largest absolute Gasteiger partial charge is 0.504 e. The number of phenols is 1. The Morgan fingerprint density at radius 3 is 2.59 bits per heavy atom. The quantitative estimate of drug-likeness (QED) is 0.530. The van der Waals surface area contributed by atoms with Gasteiger partial charge >= 0.3 is 0 Å². The van der Waals surface area contributed by atoms with Crippen molar-refractivity contribution in [2.24, 2.45) is 0 Å². The molecule has 2 heterocycles. The zero-order valence-electron chi connectivity index (χ0n) is 17.9. The SMILES string of the molecule is COc1ccc(NC(=O)C2=C(C)Nc3nnnn3[C@@H]2c2ccc(O)c(OC)c2)c(OC)c1. The summed E-state index contributed by atoms with van der Waals surface area (Å²) in [5, 5.41) is 27.7. The molecule has 11 heteroatoms. The summed E-state index contributed by atoms with van der Waals surface area (Å²) in [5.74, 6) is 1.31. The van der Waals surface area contributed by atoms with E-state index in [-0.39, 0.29) is 17.4 Å². The number of hydrogen-bond donors (Lipinski definition) is 3. The minimum atomic E-state index is -0.667. The highest BCUT2D eigenvalue weighted by Gasteiger charge is 2.34. The highest BCUT2D eigenvalue weighted by molar-refractivity contribution is 6.06. The van der Waals surface area contributed by atoms with Crippen LogP contribution < -0.4 is 24.8 Å². The lowest BCUT2D eigenvalue weighted by atomic mass is 9.94. The van der Waals surface area contributed by atoms with Gasteiger partial charge in [-0.15, -0.1) is 0 Å². The van der Waals surface area contributed by atoms with E-state index in [1.807, 2.05) is 0 Å². The van der Waals surface area contributed by atoms with Crippen LogP contribution in [0, 0.1) is 0 Å². The Bertz CT molecular complexity index is 1210. The number of hydrogen-bond acceptors (Lipinski definition) is 9. The lowest BCUT2D eigenvalue weighted by Crippen LogP contribution is -2.31. The number of tetrazole rings is 1. The summed E-state index contributed by atoms with van der Waals surface area (Å²) in [7, 11) is 4.51. The van der Waals surface area contributed by atoms with E-state index in [0.717, 1.165) is 0 Å². The van der Waals surface area contributed by atoms with Gasteiger partial charge in [-0.05, 0) is 47.2 Å². The Hall–Kier alpha value is -4.28. The molecule has 1 aromatic heterocycles. The van der Waals surface area contributed by atoms with Crippen molar-refractivity contribution in [1.82, 2.24) is 20.2 Å². The lowest BCUT2D eigenvalue weighted by Gasteiger charge is -2.28. The zero-order valence-corrected chi connectivity index (χ0v) is 17.9. The second-order valence-corrected chi connectivity index (χ2v) is 6.96. The number of methoxy groups -OCH3 is 3. The standard InChI is InChI=1S/C21H22N6O5/c1-11-18(20(29)23-14-7-6-13(30-2)10-16(14)31-3)19(27-21(22-11)24-25-26-27)12-5-8-15(28)17(9-12)32-4/h5-10,19,28H,1-4H3,(H,23,29)(H,22,24,26)/t19-/m1/s1. The van der Waals surface area contributed by atoms with E-state index in [1.165, 1.54) is 25.0 Å². The fourth-order valence-electron chi connectivity index (χ4n) is 3.57. The molecule has 0 unspecified atom stereocenters. The molecule has 4 rings (SSSR count). The van der Waals surface area contributed by atoms with Crippen molar-refractivity contribution in [3.05, 3.63) is 53.2 Å². The van der Waals surface area contributed by atoms with Gasteiger partial charge in [-0.3, -0.25) is 4.79 Å². The van der Waals surface area contributed by atoms with Gasteiger partial charge in [-0.1, -0.05) is 11.2 Å². The number of nitrogens with zero attached hydrogens (tertiary/aromatic N) is 4. The van der Waals surface area contributed by atoms with E-state index in [1.54, 1.807) is 44.4 Å². The van der Waals surface area contributed by atoms with Gasteiger partial charge in [0.1, 0.15) is 17.5 Å². The molecule has 1 amide bonds. The van der Waals surface area contributed by atoms with Crippen LogP contribution >= 0.6 is 0 Å². The molecule has 0 spiro atoms. The molecule has 0 bridgehead atoms. The number of allylic oxidation sites excluding steroid dienone is 1. The topological polar surface area (TPSA) is 133 Å². The van der Waals surface area contributed by atoms with Gasteiger partial charge in [-0.25, -0.2) is 0 Å². The van der Waals surface area contributed by atoms with Crippen LogP contribution in [0.4, 0.5) is 11.6 Å². The summed E-state index contributed by atoms with van der Waals surface area (Å²) in [6.45, 7) is 1.77. The molecule has 3 aromatic rings. The van der Waals surface area contributed by atoms with Crippen molar-refractivity contribution >= 4 is 17.5 Å². The Labute approximate surface area is 183 Å². The number of anilines is 2. The maximum atomic E-state index is 13.5. The molecule has 166 valence electrons. The number of nitrogens with one attached hydrogen (secondary N) is 2. The number of carbonyl (C=O) groups excluding carboxylic acids is 1. The van der Waals surface area contributed by atoms with E-state index in [4.69, 9.17) is 14.2 Å². The number of rotatable bonds is 6. The predicted octanol–water partition coefficient (Wildman–Crippen LogP) is 2.33. The minimum Gasteiger partial charge on any atom is -0.504 e. The van der Waals surface area contributed by atoms with Gasteiger partial charge in [0.15, 0.2) is 11.5 Å². The van der Waals surface area contributed by atoms with Crippen LogP contribution in [0.3, 0.4) is 0 Å². The van der Waals surface area contributed by atoms with Crippen molar-refractivity contribution in [1.29, 1.82) is 0 Å². The molecule has 0 radical (unpaired) electrons. The van der Waals surface area contributed by atoms with E-state index in [0.29, 0.717) is 40.0 Å². The van der Waals surface area contributed by atoms with E-state index >= 15 is 0 Å². The molecule has 32 heavy (non-hydrogen) atoms. The Morgan fingerprint density at radius 1 is 1.09 bits per heavy atom. The first kappa shape index (κ1) is 21.0. The van der Waals surface area contributed by atoms with Crippen LogP contribution in [-0.2, 0) is 4.79 Å². The molecule has 2 aromatic carbocycles. The van der Waals surface area contributed by atoms with Gasteiger partial charge in [0.2, 0.25) is 5.95 Å².